The average Bonchev–Trinajstić information content (AvgIpc) is 3.41. The van der Waals surface area contributed by atoms with E-state index in [1.165, 1.54) is 25.9 Å². The maximum Gasteiger partial charge on any atom is 0.229 e. The van der Waals surface area contributed by atoms with Crippen molar-refractivity contribution in [3.05, 3.63) is 29.3 Å². The zero-order valence-electron chi connectivity index (χ0n) is 16.8. The number of likely N-dealkylation sites (tertiary alicyclic amines) is 1. The molecule has 2 aliphatic heterocycles. The van der Waals surface area contributed by atoms with Gasteiger partial charge in [-0.15, -0.1) is 5.10 Å². The Balaban J connectivity index is 1.37. The fraction of sp³-hybridized carbons (Fsp3) is 0.684. The topological polar surface area (TPSA) is 81.3 Å². The van der Waals surface area contributed by atoms with Gasteiger partial charge in [0.25, 0.3) is 0 Å². The van der Waals surface area contributed by atoms with E-state index in [4.69, 9.17) is 4.74 Å². The first-order valence-electron chi connectivity index (χ1n) is 10.0. The highest BCUT2D eigenvalue weighted by Crippen LogP contribution is 2.27. The van der Waals surface area contributed by atoms with E-state index >= 15 is 0 Å². The van der Waals surface area contributed by atoms with Gasteiger partial charge in [0, 0.05) is 39.3 Å². The zero-order valence-corrected chi connectivity index (χ0v) is 16.8. The van der Waals surface area contributed by atoms with Gasteiger partial charge < -0.3 is 14.5 Å². The van der Waals surface area contributed by atoms with Crippen molar-refractivity contribution < 1.29 is 9.53 Å². The second kappa shape index (κ2) is 8.40. The number of aromatic nitrogens is 5. The van der Waals surface area contributed by atoms with Gasteiger partial charge in [-0.1, -0.05) is 5.21 Å². The van der Waals surface area contributed by atoms with Crippen molar-refractivity contribution in [2.45, 2.75) is 31.7 Å². The van der Waals surface area contributed by atoms with E-state index in [2.05, 4.69) is 20.3 Å². The Labute approximate surface area is 165 Å². The van der Waals surface area contributed by atoms with Crippen molar-refractivity contribution in [3.63, 3.8) is 0 Å². The molecule has 1 atom stereocenters. The number of aryl methyl sites for hydroxylation is 2. The third kappa shape index (κ3) is 4.25. The predicted octanol–water partition coefficient (Wildman–Crippen LogP) is 0.330. The van der Waals surface area contributed by atoms with Crippen molar-refractivity contribution in [1.29, 1.82) is 0 Å². The number of nitrogens with zero attached hydrogens (tertiary/aromatic N) is 7. The highest BCUT2D eigenvalue weighted by molar-refractivity contribution is 5.78. The molecule has 0 radical (unpaired) electrons. The average molecular weight is 387 g/mol. The van der Waals surface area contributed by atoms with Gasteiger partial charge in [-0.3, -0.25) is 14.2 Å². The molecule has 0 bridgehead atoms. The van der Waals surface area contributed by atoms with Gasteiger partial charge in [0.1, 0.15) is 5.69 Å². The normalized spacial score (nSPS) is 19.9. The van der Waals surface area contributed by atoms with E-state index in [9.17, 15) is 4.79 Å². The summed E-state index contributed by atoms with van der Waals surface area (Å²) in [7, 11) is 3.77. The Morgan fingerprint density at radius 2 is 2.11 bits per heavy atom. The second-order valence-corrected chi connectivity index (χ2v) is 7.80. The molecule has 1 fully saturated rings. The van der Waals surface area contributed by atoms with Gasteiger partial charge in [0.2, 0.25) is 5.91 Å². The summed E-state index contributed by atoms with van der Waals surface area (Å²) < 4.78 is 9.54. The summed E-state index contributed by atoms with van der Waals surface area (Å²) in [6.45, 7) is 5.76. The summed E-state index contributed by atoms with van der Waals surface area (Å²) in [6.07, 6.45) is 4.75. The molecule has 1 saturated heterocycles. The molecular weight excluding hydrogens is 358 g/mol. The SMILES string of the molecule is Cn1ccc(CC(=O)N2Cc3nnn(C)c3C(COCCN3CCCC3)C2)n1. The number of carbonyl (C=O) groups excluding carboxylic acids is 1. The molecule has 0 N–H and O–H groups in total. The maximum atomic E-state index is 12.8. The molecular formula is C19H29N7O2. The van der Waals surface area contributed by atoms with Crippen LogP contribution >= 0.6 is 0 Å². The molecule has 2 aromatic heterocycles. The molecule has 1 unspecified atom stereocenters. The van der Waals surface area contributed by atoms with Crippen LogP contribution in [0.5, 0.6) is 0 Å². The van der Waals surface area contributed by atoms with Crippen molar-refractivity contribution in [2.75, 3.05) is 39.4 Å². The van der Waals surface area contributed by atoms with E-state index in [1.54, 1.807) is 4.68 Å². The fourth-order valence-electron chi connectivity index (χ4n) is 4.19. The van der Waals surface area contributed by atoms with Crippen LogP contribution in [0.15, 0.2) is 12.3 Å². The number of amides is 1. The minimum absolute atomic E-state index is 0.0667. The standard InChI is InChI=1S/C19H29N7O2/c1-23-8-5-16(21-23)11-18(27)26-12-15(19-17(13-26)20-22-24(19)2)14-28-10-9-25-6-3-4-7-25/h5,8,15H,3-4,6-7,9-14H2,1-2H3. The van der Waals surface area contributed by atoms with Crippen LogP contribution in [0, 0.1) is 0 Å². The van der Waals surface area contributed by atoms with Crippen LogP contribution in [0.3, 0.4) is 0 Å². The molecule has 2 aromatic rings. The van der Waals surface area contributed by atoms with Crippen LogP contribution in [0.2, 0.25) is 0 Å². The lowest BCUT2D eigenvalue weighted by molar-refractivity contribution is -0.132. The first-order chi connectivity index (χ1) is 13.6. The largest absolute Gasteiger partial charge is 0.379 e. The highest BCUT2D eigenvalue weighted by atomic mass is 16.5. The first kappa shape index (κ1) is 19.1. The summed E-state index contributed by atoms with van der Waals surface area (Å²) >= 11 is 0. The van der Waals surface area contributed by atoms with Crippen LogP contribution in [0.1, 0.15) is 35.8 Å². The predicted molar refractivity (Wildman–Crippen MR) is 103 cm³/mol. The van der Waals surface area contributed by atoms with Gasteiger partial charge in [-0.25, -0.2) is 0 Å². The van der Waals surface area contributed by atoms with Gasteiger partial charge in [0.05, 0.1) is 37.6 Å². The third-order valence-electron chi connectivity index (χ3n) is 5.64. The Morgan fingerprint density at radius 3 is 2.86 bits per heavy atom. The lowest BCUT2D eigenvalue weighted by Gasteiger charge is -2.32. The number of hydrogen-bond acceptors (Lipinski definition) is 6. The molecule has 1 amide bonds. The fourth-order valence-corrected chi connectivity index (χ4v) is 4.19. The molecule has 9 heteroatoms. The molecule has 28 heavy (non-hydrogen) atoms. The van der Waals surface area contributed by atoms with Gasteiger partial charge >= 0.3 is 0 Å². The number of carbonyl (C=O) groups is 1. The van der Waals surface area contributed by atoms with E-state index in [0.29, 0.717) is 26.1 Å². The second-order valence-electron chi connectivity index (χ2n) is 7.80. The number of ether oxygens (including phenoxy) is 1. The Morgan fingerprint density at radius 1 is 1.29 bits per heavy atom. The van der Waals surface area contributed by atoms with Crippen molar-refractivity contribution in [3.8, 4) is 0 Å². The quantitative estimate of drug-likeness (QED) is 0.637. The van der Waals surface area contributed by atoms with Crippen LogP contribution < -0.4 is 0 Å². The summed E-state index contributed by atoms with van der Waals surface area (Å²) in [5.41, 5.74) is 2.75. The van der Waals surface area contributed by atoms with Gasteiger partial charge in [-0.2, -0.15) is 5.10 Å². The zero-order chi connectivity index (χ0) is 19.5. The van der Waals surface area contributed by atoms with E-state index in [1.807, 2.05) is 35.9 Å². The molecule has 9 nitrogen and oxygen atoms in total. The van der Waals surface area contributed by atoms with E-state index < -0.39 is 0 Å². The minimum atomic E-state index is 0.0667. The Kier molecular flexibility index (Phi) is 5.72. The van der Waals surface area contributed by atoms with Crippen LogP contribution in [-0.4, -0.2) is 79.9 Å². The summed E-state index contributed by atoms with van der Waals surface area (Å²) in [5, 5.41) is 12.8. The minimum Gasteiger partial charge on any atom is -0.379 e. The Bertz CT molecular complexity index is 809. The monoisotopic (exact) mass is 387 g/mol. The molecule has 4 rings (SSSR count). The van der Waals surface area contributed by atoms with Crippen LogP contribution in [0.4, 0.5) is 0 Å². The summed E-state index contributed by atoms with van der Waals surface area (Å²) in [5.74, 6) is 0.159. The molecule has 0 saturated carbocycles. The lowest BCUT2D eigenvalue weighted by Crippen LogP contribution is -2.41. The lowest BCUT2D eigenvalue weighted by atomic mass is 9.98. The van der Waals surface area contributed by atoms with Crippen LogP contribution in [0.25, 0.3) is 0 Å². The molecule has 0 aromatic carbocycles. The number of hydrogen-bond donors (Lipinski definition) is 0. The molecule has 0 spiro atoms. The summed E-state index contributed by atoms with van der Waals surface area (Å²) in [6, 6.07) is 1.88. The third-order valence-corrected chi connectivity index (χ3v) is 5.64. The smallest absolute Gasteiger partial charge is 0.229 e. The van der Waals surface area contributed by atoms with Gasteiger partial charge in [0.15, 0.2) is 0 Å². The maximum absolute atomic E-state index is 12.8. The number of fused-ring (bicyclic) bond motifs is 1. The highest BCUT2D eigenvalue weighted by Gasteiger charge is 2.32. The molecule has 0 aliphatic carbocycles. The van der Waals surface area contributed by atoms with E-state index in [-0.39, 0.29) is 11.8 Å². The van der Waals surface area contributed by atoms with Crippen molar-refractivity contribution >= 4 is 5.91 Å². The van der Waals surface area contributed by atoms with E-state index in [0.717, 1.165) is 30.2 Å². The van der Waals surface area contributed by atoms with Crippen molar-refractivity contribution in [1.82, 2.24) is 34.6 Å². The molecule has 2 aliphatic rings. The molecule has 4 heterocycles. The summed E-state index contributed by atoms with van der Waals surface area (Å²) in [4.78, 5) is 17.1. The van der Waals surface area contributed by atoms with Crippen molar-refractivity contribution in [2.24, 2.45) is 14.1 Å². The first-order valence-corrected chi connectivity index (χ1v) is 10.0. The molecule has 152 valence electrons. The van der Waals surface area contributed by atoms with Crippen LogP contribution in [-0.2, 0) is 36.6 Å². The van der Waals surface area contributed by atoms with Gasteiger partial charge in [-0.05, 0) is 32.0 Å². The number of rotatable bonds is 7. The Hall–Kier alpha value is -2.26.